The van der Waals surface area contributed by atoms with Gasteiger partial charge in [-0.1, -0.05) is 42.1 Å². The summed E-state index contributed by atoms with van der Waals surface area (Å²) in [6.45, 7) is 0. The summed E-state index contributed by atoms with van der Waals surface area (Å²) < 4.78 is 26.3. The first kappa shape index (κ1) is 17.8. The number of carbonyl (C=O) groups excluding carboxylic acids is 1. The zero-order valence-corrected chi connectivity index (χ0v) is 15.5. The first-order valence-electron chi connectivity index (χ1n) is 8.03. The van der Waals surface area contributed by atoms with E-state index in [1.165, 1.54) is 24.2 Å². The van der Waals surface area contributed by atoms with E-state index in [9.17, 15) is 13.6 Å². The third-order valence-corrected chi connectivity index (χ3v) is 6.03. The van der Waals surface area contributed by atoms with E-state index in [0.717, 1.165) is 32.8 Å². The summed E-state index contributed by atoms with van der Waals surface area (Å²) in [4.78, 5) is 22.8. The maximum Gasteiger partial charge on any atom is 0.173 e. The van der Waals surface area contributed by atoms with Gasteiger partial charge < -0.3 is 0 Å². The Morgan fingerprint density at radius 1 is 1.00 bits per heavy atom. The lowest BCUT2D eigenvalue weighted by atomic mass is 10.1. The SMILES string of the molecule is O=C(CSc1ncnc2sc(-c3ccccc3)cc12)c1ccc(F)c(F)c1. The van der Waals surface area contributed by atoms with Crippen molar-refractivity contribution in [2.24, 2.45) is 0 Å². The van der Waals surface area contributed by atoms with Crippen LogP contribution in [0, 0.1) is 11.6 Å². The van der Waals surface area contributed by atoms with E-state index in [0.29, 0.717) is 5.03 Å². The van der Waals surface area contributed by atoms with E-state index >= 15 is 0 Å². The van der Waals surface area contributed by atoms with Crippen LogP contribution in [0.1, 0.15) is 10.4 Å². The second-order valence-electron chi connectivity index (χ2n) is 5.72. The van der Waals surface area contributed by atoms with E-state index in [4.69, 9.17) is 0 Å². The van der Waals surface area contributed by atoms with Crippen LogP contribution in [-0.2, 0) is 0 Å². The zero-order chi connectivity index (χ0) is 18.8. The highest BCUT2D eigenvalue weighted by molar-refractivity contribution is 8.00. The normalized spacial score (nSPS) is 11.0. The van der Waals surface area contributed by atoms with Crippen molar-refractivity contribution < 1.29 is 13.6 Å². The Kier molecular flexibility index (Phi) is 4.96. The lowest BCUT2D eigenvalue weighted by Crippen LogP contribution is -2.04. The van der Waals surface area contributed by atoms with Gasteiger partial charge in [-0.05, 0) is 29.8 Å². The maximum atomic E-state index is 13.3. The number of Topliss-reactive ketones (excluding diaryl/α,β-unsaturated/α-hetero) is 1. The second kappa shape index (κ2) is 7.54. The Balaban J connectivity index is 1.57. The van der Waals surface area contributed by atoms with Gasteiger partial charge in [0.25, 0.3) is 0 Å². The number of carbonyl (C=O) groups is 1. The Hall–Kier alpha value is -2.64. The van der Waals surface area contributed by atoms with Crippen LogP contribution in [0.15, 0.2) is 66.0 Å². The van der Waals surface area contributed by atoms with E-state index in [2.05, 4.69) is 9.97 Å². The average molecular weight is 398 g/mol. The highest BCUT2D eigenvalue weighted by Gasteiger charge is 2.14. The number of hydrogen-bond donors (Lipinski definition) is 0. The minimum Gasteiger partial charge on any atom is -0.293 e. The molecular weight excluding hydrogens is 386 g/mol. The Labute approximate surface area is 162 Å². The molecule has 4 rings (SSSR count). The number of ketones is 1. The van der Waals surface area contributed by atoms with Crippen LogP contribution >= 0.6 is 23.1 Å². The fourth-order valence-corrected chi connectivity index (χ4v) is 4.52. The van der Waals surface area contributed by atoms with Crippen molar-refractivity contribution in [2.45, 2.75) is 5.03 Å². The van der Waals surface area contributed by atoms with Crippen molar-refractivity contribution in [1.82, 2.24) is 9.97 Å². The molecular formula is C20H12F2N2OS2. The smallest absolute Gasteiger partial charge is 0.173 e. The van der Waals surface area contributed by atoms with E-state index in [1.807, 2.05) is 36.4 Å². The quantitative estimate of drug-likeness (QED) is 0.249. The molecule has 2 heterocycles. The monoisotopic (exact) mass is 398 g/mol. The minimum atomic E-state index is -1.03. The summed E-state index contributed by atoms with van der Waals surface area (Å²) in [5, 5.41) is 1.57. The molecule has 3 nitrogen and oxygen atoms in total. The molecule has 0 amide bonds. The predicted octanol–water partition coefficient (Wildman–Crippen LogP) is 5.61. The molecule has 0 aliphatic carbocycles. The van der Waals surface area contributed by atoms with Gasteiger partial charge in [0.2, 0.25) is 0 Å². The first-order chi connectivity index (χ1) is 13.1. The molecule has 0 aliphatic rings. The van der Waals surface area contributed by atoms with Crippen molar-refractivity contribution in [2.75, 3.05) is 5.75 Å². The molecule has 0 N–H and O–H groups in total. The van der Waals surface area contributed by atoms with Gasteiger partial charge in [-0.3, -0.25) is 4.79 Å². The van der Waals surface area contributed by atoms with E-state index in [-0.39, 0.29) is 17.1 Å². The van der Waals surface area contributed by atoms with Gasteiger partial charge in [-0.2, -0.15) is 0 Å². The van der Waals surface area contributed by atoms with Crippen molar-refractivity contribution in [3.63, 3.8) is 0 Å². The minimum absolute atomic E-state index is 0.0771. The van der Waals surface area contributed by atoms with Crippen LogP contribution in [0.3, 0.4) is 0 Å². The van der Waals surface area contributed by atoms with Crippen molar-refractivity contribution >= 4 is 39.1 Å². The molecule has 0 aliphatic heterocycles. The third-order valence-electron chi connectivity index (χ3n) is 3.93. The van der Waals surface area contributed by atoms with Crippen LogP contribution in [0.2, 0.25) is 0 Å². The Bertz CT molecular complexity index is 1130. The number of thiophene rings is 1. The molecule has 134 valence electrons. The van der Waals surface area contributed by atoms with Crippen molar-refractivity contribution in [1.29, 1.82) is 0 Å². The van der Waals surface area contributed by atoms with Crippen LogP contribution in [-0.4, -0.2) is 21.5 Å². The maximum absolute atomic E-state index is 13.3. The zero-order valence-electron chi connectivity index (χ0n) is 13.9. The summed E-state index contributed by atoms with van der Waals surface area (Å²) in [6.07, 6.45) is 1.47. The van der Waals surface area contributed by atoms with Gasteiger partial charge in [0.1, 0.15) is 16.2 Å². The van der Waals surface area contributed by atoms with Gasteiger partial charge >= 0.3 is 0 Å². The first-order valence-corrected chi connectivity index (χ1v) is 9.83. The van der Waals surface area contributed by atoms with Gasteiger partial charge in [0.15, 0.2) is 17.4 Å². The summed E-state index contributed by atoms with van der Waals surface area (Å²) in [6, 6.07) is 15.1. The summed E-state index contributed by atoms with van der Waals surface area (Å²) in [7, 11) is 0. The second-order valence-corrected chi connectivity index (χ2v) is 7.71. The van der Waals surface area contributed by atoms with Crippen LogP contribution in [0.5, 0.6) is 0 Å². The number of nitrogens with zero attached hydrogens (tertiary/aromatic N) is 2. The highest BCUT2D eigenvalue weighted by Crippen LogP contribution is 2.36. The summed E-state index contributed by atoms with van der Waals surface area (Å²) in [5.41, 5.74) is 1.23. The van der Waals surface area contributed by atoms with Crippen LogP contribution < -0.4 is 0 Å². The molecule has 0 radical (unpaired) electrons. The molecule has 0 unspecified atom stereocenters. The lowest BCUT2D eigenvalue weighted by molar-refractivity contribution is 0.102. The molecule has 2 aromatic carbocycles. The van der Waals surface area contributed by atoms with E-state index in [1.54, 1.807) is 11.3 Å². The lowest BCUT2D eigenvalue weighted by Gasteiger charge is -2.03. The molecule has 2 aromatic heterocycles. The average Bonchev–Trinajstić information content (AvgIpc) is 3.14. The van der Waals surface area contributed by atoms with Gasteiger partial charge in [-0.25, -0.2) is 18.7 Å². The molecule has 0 saturated carbocycles. The third kappa shape index (κ3) is 3.74. The van der Waals surface area contributed by atoms with Crippen LogP contribution in [0.4, 0.5) is 8.78 Å². The number of fused-ring (bicyclic) bond motifs is 1. The predicted molar refractivity (Wildman–Crippen MR) is 104 cm³/mol. The molecule has 7 heteroatoms. The Morgan fingerprint density at radius 3 is 2.59 bits per heavy atom. The van der Waals surface area contributed by atoms with Gasteiger partial charge in [-0.15, -0.1) is 11.3 Å². The number of rotatable bonds is 5. The molecule has 27 heavy (non-hydrogen) atoms. The highest BCUT2D eigenvalue weighted by atomic mass is 32.2. The molecule has 0 spiro atoms. The molecule has 0 fully saturated rings. The fraction of sp³-hybridized carbons (Fsp3) is 0.0500. The van der Waals surface area contributed by atoms with Crippen molar-refractivity contribution in [3.8, 4) is 10.4 Å². The number of aromatic nitrogens is 2. The standard InChI is InChI=1S/C20H12F2N2OS2/c21-15-7-6-13(8-16(15)22)17(25)10-26-19-14-9-18(12-4-2-1-3-5-12)27-20(14)24-11-23-19/h1-9,11H,10H2. The molecule has 4 aromatic rings. The molecule has 0 atom stereocenters. The van der Waals surface area contributed by atoms with E-state index < -0.39 is 11.6 Å². The Morgan fingerprint density at radius 2 is 1.81 bits per heavy atom. The fourth-order valence-electron chi connectivity index (χ4n) is 2.58. The van der Waals surface area contributed by atoms with Crippen LogP contribution in [0.25, 0.3) is 20.7 Å². The van der Waals surface area contributed by atoms with Crippen molar-refractivity contribution in [3.05, 3.63) is 78.1 Å². The number of hydrogen-bond acceptors (Lipinski definition) is 5. The molecule has 0 bridgehead atoms. The number of halogens is 2. The number of benzene rings is 2. The number of thioether (sulfide) groups is 1. The molecule has 0 saturated heterocycles. The largest absolute Gasteiger partial charge is 0.293 e. The van der Waals surface area contributed by atoms with Gasteiger partial charge in [0.05, 0.1) is 5.75 Å². The topological polar surface area (TPSA) is 42.9 Å². The summed E-state index contributed by atoms with van der Waals surface area (Å²) in [5.74, 6) is -2.21. The van der Waals surface area contributed by atoms with Gasteiger partial charge in [0, 0.05) is 15.8 Å². The summed E-state index contributed by atoms with van der Waals surface area (Å²) >= 11 is 2.82.